The maximum absolute atomic E-state index is 5.41. The number of ether oxygens (including phenoxy) is 2. The van der Waals surface area contributed by atoms with Crippen LogP contribution in [0.25, 0.3) is 0 Å². The van der Waals surface area contributed by atoms with Crippen molar-refractivity contribution < 1.29 is 9.47 Å². The monoisotopic (exact) mass is 215 g/mol. The van der Waals surface area contributed by atoms with Crippen molar-refractivity contribution in [2.24, 2.45) is 0 Å². The summed E-state index contributed by atoms with van der Waals surface area (Å²) in [6.45, 7) is 2.00. The minimum absolute atomic E-state index is 0.482. The van der Waals surface area contributed by atoms with E-state index >= 15 is 0 Å². The quantitative estimate of drug-likeness (QED) is 0.659. The lowest BCUT2D eigenvalue weighted by atomic mass is 9.93. The summed E-state index contributed by atoms with van der Waals surface area (Å²) in [6.07, 6.45) is 7.87. The minimum Gasteiger partial charge on any atom is -0.385 e. The molecule has 1 aliphatic rings. The van der Waals surface area contributed by atoms with Crippen LogP contribution in [0.5, 0.6) is 0 Å². The summed E-state index contributed by atoms with van der Waals surface area (Å²) in [5.41, 5.74) is 0. The van der Waals surface area contributed by atoms with Gasteiger partial charge < -0.3 is 14.8 Å². The van der Waals surface area contributed by atoms with Crippen LogP contribution in [0.2, 0.25) is 0 Å². The maximum Gasteiger partial charge on any atom is 0.0586 e. The van der Waals surface area contributed by atoms with Crippen LogP contribution in [0, 0.1) is 0 Å². The zero-order valence-corrected chi connectivity index (χ0v) is 10.1. The van der Waals surface area contributed by atoms with E-state index in [-0.39, 0.29) is 0 Å². The Labute approximate surface area is 93.5 Å². The molecule has 1 saturated carbocycles. The van der Waals surface area contributed by atoms with Crippen molar-refractivity contribution >= 4 is 0 Å². The Bertz CT molecular complexity index is 153. The molecule has 15 heavy (non-hydrogen) atoms. The Kier molecular flexibility index (Phi) is 6.98. The first kappa shape index (κ1) is 12.9. The molecule has 0 spiro atoms. The first-order valence-corrected chi connectivity index (χ1v) is 6.12. The van der Waals surface area contributed by atoms with Crippen LogP contribution in [-0.4, -0.2) is 39.5 Å². The molecule has 0 radical (unpaired) electrons. The first-order chi connectivity index (χ1) is 7.36. The molecular formula is C12H25NO2. The summed E-state index contributed by atoms with van der Waals surface area (Å²) in [5, 5.41) is 3.61. The smallest absolute Gasteiger partial charge is 0.0586 e. The molecule has 2 atom stereocenters. The molecule has 1 aliphatic carbocycles. The van der Waals surface area contributed by atoms with Crippen LogP contribution in [0.1, 0.15) is 38.5 Å². The Morgan fingerprint density at radius 1 is 1.20 bits per heavy atom. The lowest BCUT2D eigenvalue weighted by Gasteiger charge is -2.28. The van der Waals surface area contributed by atoms with E-state index in [1.807, 2.05) is 7.11 Å². The molecule has 0 saturated heterocycles. The van der Waals surface area contributed by atoms with Crippen LogP contribution in [-0.2, 0) is 9.47 Å². The van der Waals surface area contributed by atoms with Gasteiger partial charge in [-0.05, 0) is 45.1 Å². The Hall–Kier alpha value is -0.120. The van der Waals surface area contributed by atoms with Crippen molar-refractivity contribution in [2.45, 2.75) is 50.7 Å². The van der Waals surface area contributed by atoms with Gasteiger partial charge in [-0.3, -0.25) is 0 Å². The van der Waals surface area contributed by atoms with Gasteiger partial charge in [0.05, 0.1) is 6.10 Å². The predicted molar refractivity (Wildman–Crippen MR) is 62.2 cm³/mol. The summed E-state index contributed by atoms with van der Waals surface area (Å²) < 4.78 is 10.4. The van der Waals surface area contributed by atoms with E-state index in [1.54, 1.807) is 7.11 Å². The van der Waals surface area contributed by atoms with Crippen molar-refractivity contribution in [1.29, 1.82) is 0 Å². The number of unbranched alkanes of at least 4 members (excludes halogenated alkanes) is 1. The van der Waals surface area contributed by atoms with Gasteiger partial charge in [-0.15, -0.1) is 0 Å². The van der Waals surface area contributed by atoms with Crippen LogP contribution in [0.4, 0.5) is 0 Å². The third kappa shape index (κ3) is 5.50. The second-order valence-corrected chi connectivity index (χ2v) is 4.38. The van der Waals surface area contributed by atoms with Gasteiger partial charge in [-0.2, -0.15) is 0 Å². The normalized spacial score (nSPS) is 26.8. The van der Waals surface area contributed by atoms with E-state index in [0.29, 0.717) is 12.1 Å². The number of hydrogen-bond donors (Lipinski definition) is 1. The standard InChI is InChI=1S/C12H25NO2/c1-14-9-4-3-8-13-11-6-5-7-12(10-11)15-2/h11-13H,3-10H2,1-2H3. The zero-order chi connectivity index (χ0) is 10.9. The molecule has 1 N–H and O–H groups in total. The second-order valence-electron chi connectivity index (χ2n) is 4.38. The van der Waals surface area contributed by atoms with Crippen LogP contribution >= 0.6 is 0 Å². The van der Waals surface area contributed by atoms with E-state index in [9.17, 15) is 0 Å². The fraction of sp³-hybridized carbons (Fsp3) is 1.00. The van der Waals surface area contributed by atoms with E-state index in [0.717, 1.165) is 19.6 Å². The molecule has 3 nitrogen and oxygen atoms in total. The van der Waals surface area contributed by atoms with E-state index in [2.05, 4.69) is 5.32 Å². The summed E-state index contributed by atoms with van der Waals surface area (Å²) in [7, 11) is 3.59. The number of hydrogen-bond acceptors (Lipinski definition) is 3. The fourth-order valence-electron chi connectivity index (χ4n) is 2.22. The largest absolute Gasteiger partial charge is 0.385 e. The first-order valence-electron chi connectivity index (χ1n) is 6.12. The zero-order valence-electron chi connectivity index (χ0n) is 10.1. The van der Waals surface area contributed by atoms with Crippen molar-refractivity contribution in [2.75, 3.05) is 27.4 Å². The summed E-state index contributed by atoms with van der Waals surface area (Å²) in [4.78, 5) is 0. The van der Waals surface area contributed by atoms with Gasteiger partial charge >= 0.3 is 0 Å². The van der Waals surface area contributed by atoms with Gasteiger partial charge in [-0.1, -0.05) is 0 Å². The van der Waals surface area contributed by atoms with Crippen molar-refractivity contribution in [1.82, 2.24) is 5.32 Å². The number of rotatable bonds is 7. The van der Waals surface area contributed by atoms with Crippen molar-refractivity contribution in [3.8, 4) is 0 Å². The highest BCUT2D eigenvalue weighted by Gasteiger charge is 2.20. The number of methoxy groups -OCH3 is 2. The lowest BCUT2D eigenvalue weighted by molar-refractivity contribution is 0.0588. The molecule has 0 aliphatic heterocycles. The molecule has 2 unspecified atom stereocenters. The van der Waals surface area contributed by atoms with Crippen LogP contribution < -0.4 is 5.32 Å². The van der Waals surface area contributed by atoms with Gasteiger partial charge in [0, 0.05) is 26.9 Å². The molecule has 0 bridgehead atoms. The molecule has 90 valence electrons. The van der Waals surface area contributed by atoms with Gasteiger partial charge in [-0.25, -0.2) is 0 Å². The molecule has 0 aromatic carbocycles. The lowest BCUT2D eigenvalue weighted by Crippen LogP contribution is -2.37. The predicted octanol–water partition coefficient (Wildman–Crippen LogP) is 1.96. The fourth-order valence-corrected chi connectivity index (χ4v) is 2.22. The molecule has 1 fully saturated rings. The molecular weight excluding hydrogens is 190 g/mol. The SMILES string of the molecule is COCCCCNC1CCCC(OC)C1. The highest BCUT2D eigenvalue weighted by atomic mass is 16.5. The third-order valence-electron chi connectivity index (χ3n) is 3.17. The average molecular weight is 215 g/mol. The van der Waals surface area contributed by atoms with Gasteiger partial charge in [0.2, 0.25) is 0 Å². The molecule has 1 rings (SSSR count). The molecule has 0 heterocycles. The van der Waals surface area contributed by atoms with E-state index in [1.165, 1.54) is 32.1 Å². The summed E-state index contributed by atoms with van der Waals surface area (Å²) in [6, 6.07) is 0.672. The van der Waals surface area contributed by atoms with Gasteiger partial charge in [0.25, 0.3) is 0 Å². The Balaban J connectivity index is 2.00. The Morgan fingerprint density at radius 3 is 2.80 bits per heavy atom. The second kappa shape index (κ2) is 8.08. The highest BCUT2D eigenvalue weighted by molar-refractivity contribution is 4.77. The summed E-state index contributed by atoms with van der Waals surface area (Å²) in [5.74, 6) is 0. The van der Waals surface area contributed by atoms with Gasteiger partial charge in [0.1, 0.15) is 0 Å². The topological polar surface area (TPSA) is 30.5 Å². The van der Waals surface area contributed by atoms with Gasteiger partial charge in [0.15, 0.2) is 0 Å². The molecule has 3 heteroatoms. The van der Waals surface area contributed by atoms with Crippen LogP contribution in [0.3, 0.4) is 0 Å². The third-order valence-corrected chi connectivity index (χ3v) is 3.17. The minimum atomic E-state index is 0.482. The molecule has 0 aromatic rings. The maximum atomic E-state index is 5.41. The van der Waals surface area contributed by atoms with Crippen LogP contribution in [0.15, 0.2) is 0 Å². The van der Waals surface area contributed by atoms with Crippen molar-refractivity contribution in [3.05, 3.63) is 0 Å². The van der Waals surface area contributed by atoms with E-state index in [4.69, 9.17) is 9.47 Å². The van der Waals surface area contributed by atoms with Crippen molar-refractivity contribution in [3.63, 3.8) is 0 Å². The van der Waals surface area contributed by atoms with E-state index < -0.39 is 0 Å². The highest BCUT2D eigenvalue weighted by Crippen LogP contribution is 2.20. The Morgan fingerprint density at radius 2 is 2.07 bits per heavy atom. The molecule has 0 aromatic heterocycles. The summed E-state index contributed by atoms with van der Waals surface area (Å²) >= 11 is 0. The number of nitrogens with one attached hydrogen (secondary N) is 1. The molecule has 0 amide bonds. The average Bonchev–Trinajstić information content (AvgIpc) is 2.29.